The number of carbonyl (C=O) groups excluding carboxylic acids is 3. The minimum Gasteiger partial charge on any atom is -0.466 e. The Kier molecular flexibility index (Phi) is 5.51. The molecule has 1 spiro atoms. The van der Waals surface area contributed by atoms with Crippen molar-refractivity contribution >= 4 is 29.5 Å². The number of esters is 1. The van der Waals surface area contributed by atoms with Gasteiger partial charge in [-0.25, -0.2) is 0 Å². The van der Waals surface area contributed by atoms with Crippen LogP contribution in [0.5, 0.6) is 0 Å². The molecule has 2 amide bonds. The number of nitrogens with zero attached hydrogens (tertiary/aromatic N) is 1. The summed E-state index contributed by atoms with van der Waals surface area (Å²) in [4.78, 5) is 41.2. The van der Waals surface area contributed by atoms with Gasteiger partial charge in [-0.1, -0.05) is 0 Å². The van der Waals surface area contributed by atoms with Gasteiger partial charge in [0, 0.05) is 23.4 Å². The van der Waals surface area contributed by atoms with E-state index in [0.29, 0.717) is 13.0 Å². The third kappa shape index (κ3) is 3.22. The first kappa shape index (κ1) is 21.4. The SMILES string of the molecule is CCOC(=O)[C@@H]1[C@H]2C(=O)N(CCCO)C(C(=O)NC(C)(C)C)C23CC[C@@]1(C)S3. The second-order valence-corrected chi connectivity index (χ2v) is 11.2. The topological polar surface area (TPSA) is 95.9 Å². The summed E-state index contributed by atoms with van der Waals surface area (Å²) in [5.41, 5.74) is -0.427. The zero-order valence-electron chi connectivity index (χ0n) is 17.4. The Labute approximate surface area is 170 Å². The van der Waals surface area contributed by atoms with E-state index in [1.165, 1.54) is 0 Å². The molecular formula is C20H32N2O5S. The lowest BCUT2D eigenvalue weighted by Crippen LogP contribution is -2.57. The van der Waals surface area contributed by atoms with E-state index in [2.05, 4.69) is 5.32 Å². The van der Waals surface area contributed by atoms with E-state index in [1.54, 1.807) is 23.6 Å². The molecule has 2 N–H and O–H groups in total. The van der Waals surface area contributed by atoms with Crippen molar-refractivity contribution in [3.05, 3.63) is 0 Å². The maximum absolute atomic E-state index is 13.5. The number of hydrogen-bond acceptors (Lipinski definition) is 6. The highest BCUT2D eigenvalue weighted by molar-refractivity contribution is 8.02. The first-order valence-electron chi connectivity index (χ1n) is 10.1. The standard InChI is InChI=1S/C20H32N2O5S/c1-6-27-17(26)13-12-16(25)22(10-7-11-23)14(15(24)21-18(2,3)4)20(12)9-8-19(13,5)28-20/h12-14,23H,6-11H2,1-5H3,(H,21,24)/t12-,13-,14?,19+,20?/m0/s1. The van der Waals surface area contributed by atoms with Crippen LogP contribution >= 0.6 is 11.8 Å². The zero-order chi connectivity index (χ0) is 20.9. The zero-order valence-corrected chi connectivity index (χ0v) is 18.2. The molecule has 0 aromatic heterocycles. The van der Waals surface area contributed by atoms with Gasteiger partial charge in [0.1, 0.15) is 6.04 Å². The second kappa shape index (κ2) is 7.20. The molecule has 0 aromatic carbocycles. The number of thioether (sulfide) groups is 1. The largest absolute Gasteiger partial charge is 0.466 e. The minimum absolute atomic E-state index is 0.0543. The van der Waals surface area contributed by atoms with Crippen LogP contribution in [0.15, 0.2) is 0 Å². The van der Waals surface area contributed by atoms with Crippen molar-refractivity contribution in [3.8, 4) is 0 Å². The smallest absolute Gasteiger partial charge is 0.311 e. The molecule has 3 saturated heterocycles. The van der Waals surface area contributed by atoms with Crippen LogP contribution in [0.2, 0.25) is 0 Å². The van der Waals surface area contributed by atoms with Gasteiger partial charge in [-0.05, 0) is 53.9 Å². The van der Waals surface area contributed by atoms with E-state index in [-0.39, 0.29) is 31.0 Å². The van der Waals surface area contributed by atoms with Crippen molar-refractivity contribution in [2.24, 2.45) is 11.8 Å². The number of aliphatic hydroxyl groups excluding tert-OH is 1. The Morgan fingerprint density at radius 3 is 2.61 bits per heavy atom. The van der Waals surface area contributed by atoms with Crippen LogP contribution in [0, 0.1) is 11.8 Å². The Morgan fingerprint density at radius 2 is 2.04 bits per heavy atom. The van der Waals surface area contributed by atoms with E-state index in [1.807, 2.05) is 27.7 Å². The van der Waals surface area contributed by atoms with Crippen molar-refractivity contribution < 1.29 is 24.2 Å². The molecule has 3 heterocycles. The van der Waals surface area contributed by atoms with E-state index < -0.39 is 32.9 Å². The number of amides is 2. The maximum Gasteiger partial charge on any atom is 0.311 e. The van der Waals surface area contributed by atoms with E-state index in [9.17, 15) is 19.5 Å². The molecule has 0 radical (unpaired) electrons. The molecule has 28 heavy (non-hydrogen) atoms. The van der Waals surface area contributed by atoms with Gasteiger partial charge >= 0.3 is 5.97 Å². The Morgan fingerprint density at radius 1 is 1.36 bits per heavy atom. The van der Waals surface area contributed by atoms with Crippen LogP contribution in [0.25, 0.3) is 0 Å². The Bertz CT molecular complexity index is 678. The summed E-state index contributed by atoms with van der Waals surface area (Å²) in [6.45, 7) is 10.1. The summed E-state index contributed by atoms with van der Waals surface area (Å²) in [6.07, 6.45) is 1.90. The van der Waals surface area contributed by atoms with Gasteiger partial charge in [-0.2, -0.15) is 0 Å². The average molecular weight is 413 g/mol. The third-order valence-corrected chi connectivity index (χ3v) is 8.11. The lowest BCUT2D eigenvalue weighted by Gasteiger charge is -2.36. The van der Waals surface area contributed by atoms with Crippen LogP contribution < -0.4 is 5.32 Å². The van der Waals surface area contributed by atoms with E-state index in [0.717, 1.165) is 12.8 Å². The summed E-state index contributed by atoms with van der Waals surface area (Å²) < 4.78 is 4.32. The van der Waals surface area contributed by atoms with Gasteiger partial charge in [-0.15, -0.1) is 11.8 Å². The summed E-state index contributed by atoms with van der Waals surface area (Å²) >= 11 is 1.63. The van der Waals surface area contributed by atoms with E-state index in [4.69, 9.17) is 4.74 Å². The van der Waals surface area contributed by atoms with Gasteiger partial charge in [0.15, 0.2) is 0 Å². The van der Waals surface area contributed by atoms with Gasteiger partial charge in [-0.3, -0.25) is 14.4 Å². The van der Waals surface area contributed by atoms with Gasteiger partial charge < -0.3 is 20.1 Å². The van der Waals surface area contributed by atoms with Crippen LogP contribution in [0.3, 0.4) is 0 Å². The molecule has 3 rings (SSSR count). The molecule has 5 atom stereocenters. The van der Waals surface area contributed by atoms with E-state index >= 15 is 0 Å². The molecule has 8 heteroatoms. The first-order chi connectivity index (χ1) is 13.0. The quantitative estimate of drug-likeness (QED) is 0.639. The molecular weight excluding hydrogens is 380 g/mol. The van der Waals surface area contributed by atoms with Crippen LogP contribution in [-0.4, -0.2) is 68.6 Å². The highest BCUT2D eigenvalue weighted by Gasteiger charge is 2.77. The fourth-order valence-electron chi connectivity index (χ4n) is 5.24. The third-order valence-electron chi connectivity index (χ3n) is 6.12. The number of ether oxygens (including phenoxy) is 1. The number of nitrogens with one attached hydrogen (secondary N) is 1. The van der Waals surface area contributed by atoms with Crippen molar-refractivity contribution in [3.63, 3.8) is 0 Å². The number of fused-ring (bicyclic) bond motifs is 1. The predicted octanol–water partition coefficient (Wildman–Crippen LogP) is 1.33. The second-order valence-electron chi connectivity index (χ2n) is 9.33. The number of rotatable bonds is 6. The molecule has 158 valence electrons. The fraction of sp³-hybridized carbons (Fsp3) is 0.850. The number of likely N-dealkylation sites (tertiary alicyclic amines) is 1. The molecule has 0 aliphatic carbocycles. The van der Waals surface area contributed by atoms with Crippen molar-refractivity contribution in [2.75, 3.05) is 19.8 Å². The summed E-state index contributed by atoms with van der Waals surface area (Å²) in [6, 6.07) is -0.637. The molecule has 2 bridgehead atoms. The minimum atomic E-state index is -0.637. The molecule has 7 nitrogen and oxygen atoms in total. The summed E-state index contributed by atoms with van der Waals surface area (Å²) in [5, 5.41) is 12.3. The highest BCUT2D eigenvalue weighted by atomic mass is 32.2. The number of aliphatic hydroxyl groups is 1. The van der Waals surface area contributed by atoms with Crippen LogP contribution in [0.1, 0.15) is 53.9 Å². The van der Waals surface area contributed by atoms with Gasteiger partial charge in [0.25, 0.3) is 0 Å². The Balaban J connectivity index is 2.02. The highest BCUT2D eigenvalue weighted by Crippen LogP contribution is 2.71. The monoisotopic (exact) mass is 412 g/mol. The van der Waals surface area contributed by atoms with Crippen molar-refractivity contribution in [1.29, 1.82) is 0 Å². The summed E-state index contributed by atoms with van der Waals surface area (Å²) in [7, 11) is 0. The maximum atomic E-state index is 13.5. The van der Waals surface area contributed by atoms with Crippen molar-refractivity contribution in [1.82, 2.24) is 10.2 Å². The van der Waals surface area contributed by atoms with Crippen molar-refractivity contribution in [2.45, 2.75) is 75.0 Å². The van der Waals surface area contributed by atoms with Crippen LogP contribution in [0.4, 0.5) is 0 Å². The summed E-state index contributed by atoms with van der Waals surface area (Å²) in [5.74, 6) is -1.76. The van der Waals surface area contributed by atoms with Crippen LogP contribution in [-0.2, 0) is 19.1 Å². The lowest BCUT2D eigenvalue weighted by atomic mass is 9.66. The van der Waals surface area contributed by atoms with Gasteiger partial charge in [0.2, 0.25) is 11.8 Å². The Hall–Kier alpha value is -1.28. The number of carbonyl (C=O) groups is 3. The first-order valence-corrected chi connectivity index (χ1v) is 10.9. The molecule has 3 aliphatic rings. The molecule has 3 aliphatic heterocycles. The molecule has 0 aromatic rings. The predicted molar refractivity (Wildman–Crippen MR) is 107 cm³/mol. The average Bonchev–Trinajstić information content (AvgIpc) is 3.12. The fourth-order valence-corrected chi connectivity index (χ4v) is 7.58. The molecule has 2 unspecified atom stereocenters. The lowest BCUT2D eigenvalue weighted by molar-refractivity contribution is -0.155. The van der Waals surface area contributed by atoms with Gasteiger partial charge in [0.05, 0.1) is 23.2 Å². The number of hydrogen-bond donors (Lipinski definition) is 2. The molecule has 0 saturated carbocycles. The normalized spacial score (nSPS) is 36.6. The molecule has 3 fully saturated rings.